The number of anilines is 2. The Balaban J connectivity index is 1.97. The van der Waals surface area contributed by atoms with Crippen molar-refractivity contribution in [1.29, 1.82) is 0 Å². The van der Waals surface area contributed by atoms with Gasteiger partial charge in [0.25, 0.3) is 0 Å². The molecule has 0 saturated heterocycles. The fourth-order valence-electron chi connectivity index (χ4n) is 1.97. The van der Waals surface area contributed by atoms with Crippen LogP contribution in [0.1, 0.15) is 5.56 Å². The molecule has 6 heteroatoms. The molecule has 0 fully saturated rings. The van der Waals surface area contributed by atoms with Crippen LogP contribution in [0.25, 0.3) is 0 Å². The van der Waals surface area contributed by atoms with E-state index in [1.54, 1.807) is 12.1 Å². The molecule has 110 valence electrons. The molecule has 0 aromatic heterocycles. The number of methoxy groups -OCH3 is 1. The molecule has 21 heavy (non-hydrogen) atoms. The van der Waals surface area contributed by atoms with Gasteiger partial charge >= 0.3 is 5.69 Å². The highest BCUT2D eigenvalue weighted by molar-refractivity contribution is 5.58. The summed E-state index contributed by atoms with van der Waals surface area (Å²) in [5, 5.41) is 14.0. The fourth-order valence-corrected chi connectivity index (χ4v) is 1.97. The van der Waals surface area contributed by atoms with Gasteiger partial charge in [-0.1, -0.05) is 12.1 Å². The van der Waals surface area contributed by atoms with Crippen molar-refractivity contribution in [1.82, 2.24) is 0 Å². The molecule has 0 bridgehead atoms. The topological polar surface area (TPSA) is 90.4 Å². The van der Waals surface area contributed by atoms with Crippen LogP contribution in [0.5, 0.6) is 5.75 Å². The van der Waals surface area contributed by atoms with Crippen molar-refractivity contribution in [3.8, 4) is 5.75 Å². The van der Waals surface area contributed by atoms with Gasteiger partial charge in [-0.2, -0.15) is 0 Å². The molecule has 0 atom stereocenters. The lowest BCUT2D eigenvalue weighted by atomic mass is 10.1. The summed E-state index contributed by atoms with van der Waals surface area (Å²) < 4.78 is 5.03. The monoisotopic (exact) mass is 287 g/mol. The lowest BCUT2D eigenvalue weighted by molar-refractivity contribution is -0.385. The maximum atomic E-state index is 10.8. The molecule has 0 aliphatic rings. The van der Waals surface area contributed by atoms with Crippen LogP contribution in [0.4, 0.5) is 17.1 Å². The molecule has 0 aliphatic carbocycles. The zero-order chi connectivity index (χ0) is 15.2. The summed E-state index contributed by atoms with van der Waals surface area (Å²) in [6.07, 6.45) is 0.833. The standard InChI is InChI=1S/C15H17N3O3/c1-21-15-10-13(6-7-14(15)18(19)20)17-9-8-11-2-4-12(16)5-3-11/h2-7,10,17H,8-9,16H2,1H3. The van der Waals surface area contributed by atoms with Crippen LogP contribution in [0.2, 0.25) is 0 Å². The Morgan fingerprint density at radius 1 is 1.24 bits per heavy atom. The van der Waals surface area contributed by atoms with Gasteiger partial charge in [-0.3, -0.25) is 10.1 Å². The molecule has 0 aliphatic heterocycles. The summed E-state index contributed by atoms with van der Waals surface area (Å²) in [7, 11) is 1.42. The van der Waals surface area contributed by atoms with Gasteiger partial charge in [0.15, 0.2) is 5.75 Å². The summed E-state index contributed by atoms with van der Waals surface area (Å²) >= 11 is 0. The van der Waals surface area contributed by atoms with Gasteiger partial charge < -0.3 is 15.8 Å². The van der Waals surface area contributed by atoms with Gasteiger partial charge in [-0.05, 0) is 30.2 Å². The number of benzene rings is 2. The second kappa shape index (κ2) is 6.60. The number of nitrogens with zero attached hydrogens (tertiary/aromatic N) is 1. The Hall–Kier alpha value is -2.76. The number of ether oxygens (including phenoxy) is 1. The van der Waals surface area contributed by atoms with Crippen molar-refractivity contribution in [2.45, 2.75) is 6.42 Å². The summed E-state index contributed by atoms with van der Waals surface area (Å²) in [6, 6.07) is 12.4. The van der Waals surface area contributed by atoms with E-state index in [2.05, 4.69) is 5.32 Å². The van der Waals surface area contributed by atoms with E-state index in [0.29, 0.717) is 6.54 Å². The first kappa shape index (κ1) is 14.6. The summed E-state index contributed by atoms with van der Waals surface area (Å²) in [4.78, 5) is 10.4. The van der Waals surface area contributed by atoms with Crippen molar-refractivity contribution in [2.24, 2.45) is 0 Å². The van der Waals surface area contributed by atoms with E-state index in [4.69, 9.17) is 10.5 Å². The predicted octanol–water partition coefficient (Wildman–Crippen LogP) is 2.84. The molecule has 6 nitrogen and oxygen atoms in total. The molecular weight excluding hydrogens is 270 g/mol. The van der Waals surface area contributed by atoms with Gasteiger partial charge in [0, 0.05) is 30.1 Å². The largest absolute Gasteiger partial charge is 0.490 e. The van der Waals surface area contributed by atoms with E-state index in [0.717, 1.165) is 17.8 Å². The third-order valence-corrected chi connectivity index (χ3v) is 3.10. The van der Waals surface area contributed by atoms with Crippen molar-refractivity contribution in [3.63, 3.8) is 0 Å². The molecule has 3 N–H and O–H groups in total. The minimum atomic E-state index is -0.461. The Morgan fingerprint density at radius 3 is 2.57 bits per heavy atom. The van der Waals surface area contributed by atoms with Crippen molar-refractivity contribution in [3.05, 3.63) is 58.1 Å². The molecule has 0 amide bonds. The Bertz CT molecular complexity index is 627. The molecule has 0 heterocycles. The molecule has 0 unspecified atom stereocenters. The minimum absolute atomic E-state index is 0.0402. The molecular formula is C15H17N3O3. The molecule has 0 spiro atoms. The summed E-state index contributed by atoms with van der Waals surface area (Å²) in [5.41, 5.74) is 8.29. The first-order valence-corrected chi connectivity index (χ1v) is 6.51. The molecule has 2 rings (SSSR count). The molecule has 0 radical (unpaired) electrons. The van der Waals surface area contributed by atoms with Crippen LogP contribution < -0.4 is 15.8 Å². The number of nitrogens with two attached hydrogens (primary N) is 1. The Labute approximate surface area is 122 Å². The highest BCUT2D eigenvalue weighted by Gasteiger charge is 2.14. The molecule has 2 aromatic rings. The number of hydrogen-bond donors (Lipinski definition) is 2. The Kier molecular flexibility index (Phi) is 4.61. The Morgan fingerprint density at radius 2 is 1.95 bits per heavy atom. The maximum Gasteiger partial charge on any atom is 0.311 e. The number of hydrogen-bond acceptors (Lipinski definition) is 5. The third kappa shape index (κ3) is 3.85. The van der Waals surface area contributed by atoms with Gasteiger partial charge in [0.1, 0.15) is 0 Å². The van der Waals surface area contributed by atoms with Gasteiger partial charge in [0.2, 0.25) is 0 Å². The average Bonchev–Trinajstić information content (AvgIpc) is 2.49. The van der Waals surface area contributed by atoms with E-state index in [-0.39, 0.29) is 11.4 Å². The number of nitrogen functional groups attached to an aromatic ring is 1. The van der Waals surface area contributed by atoms with Crippen LogP contribution in [0, 0.1) is 10.1 Å². The minimum Gasteiger partial charge on any atom is -0.490 e. The number of nitro benzene ring substituents is 1. The SMILES string of the molecule is COc1cc(NCCc2ccc(N)cc2)ccc1[N+](=O)[O-]. The highest BCUT2D eigenvalue weighted by Crippen LogP contribution is 2.29. The van der Waals surface area contributed by atoms with Crippen molar-refractivity contribution >= 4 is 17.1 Å². The quantitative estimate of drug-likeness (QED) is 0.484. The second-order valence-corrected chi connectivity index (χ2v) is 4.56. The van der Waals surface area contributed by atoms with Crippen LogP contribution in [-0.4, -0.2) is 18.6 Å². The van der Waals surface area contributed by atoms with Crippen LogP contribution in [0.15, 0.2) is 42.5 Å². The summed E-state index contributed by atoms with van der Waals surface area (Å²) in [5.74, 6) is 0.248. The zero-order valence-corrected chi connectivity index (χ0v) is 11.7. The van der Waals surface area contributed by atoms with E-state index >= 15 is 0 Å². The van der Waals surface area contributed by atoms with Crippen molar-refractivity contribution in [2.75, 3.05) is 24.7 Å². The predicted molar refractivity (Wildman–Crippen MR) is 82.7 cm³/mol. The fraction of sp³-hybridized carbons (Fsp3) is 0.200. The average molecular weight is 287 g/mol. The molecule has 2 aromatic carbocycles. The smallest absolute Gasteiger partial charge is 0.311 e. The number of rotatable bonds is 6. The first-order chi connectivity index (χ1) is 10.1. The van der Waals surface area contributed by atoms with Gasteiger partial charge in [-0.25, -0.2) is 0 Å². The van der Waals surface area contributed by atoms with E-state index in [9.17, 15) is 10.1 Å². The number of nitrogens with one attached hydrogen (secondary N) is 1. The second-order valence-electron chi connectivity index (χ2n) is 4.56. The lowest BCUT2D eigenvalue weighted by Gasteiger charge is -2.08. The lowest BCUT2D eigenvalue weighted by Crippen LogP contribution is -2.05. The summed E-state index contributed by atoms with van der Waals surface area (Å²) in [6.45, 7) is 0.713. The maximum absolute atomic E-state index is 10.8. The van der Waals surface area contributed by atoms with Crippen LogP contribution in [-0.2, 0) is 6.42 Å². The first-order valence-electron chi connectivity index (χ1n) is 6.51. The van der Waals surface area contributed by atoms with Crippen LogP contribution in [0.3, 0.4) is 0 Å². The van der Waals surface area contributed by atoms with Crippen molar-refractivity contribution < 1.29 is 9.66 Å². The van der Waals surface area contributed by atoms with Gasteiger partial charge in [-0.15, -0.1) is 0 Å². The highest BCUT2D eigenvalue weighted by atomic mass is 16.6. The van der Waals surface area contributed by atoms with Crippen LogP contribution >= 0.6 is 0 Å². The third-order valence-electron chi connectivity index (χ3n) is 3.10. The van der Waals surface area contributed by atoms with E-state index < -0.39 is 4.92 Å². The van der Waals surface area contributed by atoms with E-state index in [1.807, 2.05) is 24.3 Å². The normalized spacial score (nSPS) is 10.1. The number of nitro groups is 1. The van der Waals surface area contributed by atoms with Gasteiger partial charge in [0.05, 0.1) is 12.0 Å². The zero-order valence-electron chi connectivity index (χ0n) is 11.7. The van der Waals surface area contributed by atoms with E-state index in [1.165, 1.54) is 18.7 Å². The molecule has 0 saturated carbocycles.